The number of pyridine rings is 2. The van der Waals surface area contributed by atoms with E-state index in [1.807, 2.05) is 30.3 Å². The van der Waals surface area contributed by atoms with Gasteiger partial charge < -0.3 is 4.98 Å². The maximum absolute atomic E-state index is 4.35. The van der Waals surface area contributed by atoms with Crippen LogP contribution in [0, 0.1) is 0 Å². The Morgan fingerprint density at radius 3 is 2.67 bits per heavy atom. The molecule has 4 aromatic rings. The number of nitrogens with zero attached hydrogens (tertiary/aromatic N) is 3. The topological polar surface area (TPSA) is 70.2 Å². The SMILES string of the molecule is c1cnc2cc(-c3n[nH]c4cccnc34)[nH]c2c1. The summed E-state index contributed by atoms with van der Waals surface area (Å²) in [5.74, 6) is 0. The molecule has 5 heteroatoms. The number of hydrogen-bond donors (Lipinski definition) is 2. The number of aromatic nitrogens is 5. The van der Waals surface area contributed by atoms with Gasteiger partial charge in [0, 0.05) is 12.4 Å². The first kappa shape index (κ1) is 9.35. The van der Waals surface area contributed by atoms with E-state index >= 15 is 0 Å². The molecule has 0 aromatic carbocycles. The molecular formula is C13H9N5. The van der Waals surface area contributed by atoms with Gasteiger partial charge in [0.2, 0.25) is 0 Å². The average molecular weight is 235 g/mol. The molecule has 18 heavy (non-hydrogen) atoms. The highest BCUT2D eigenvalue weighted by Crippen LogP contribution is 2.25. The van der Waals surface area contributed by atoms with Crippen molar-refractivity contribution in [1.29, 1.82) is 0 Å². The Bertz CT molecular complexity index is 809. The number of hydrogen-bond acceptors (Lipinski definition) is 3. The van der Waals surface area contributed by atoms with E-state index in [-0.39, 0.29) is 0 Å². The van der Waals surface area contributed by atoms with Crippen LogP contribution in [-0.2, 0) is 0 Å². The number of aromatic amines is 2. The number of H-pyrrole nitrogens is 2. The summed E-state index contributed by atoms with van der Waals surface area (Å²) in [6.45, 7) is 0. The van der Waals surface area contributed by atoms with Crippen LogP contribution in [-0.4, -0.2) is 25.1 Å². The molecule has 0 unspecified atom stereocenters. The average Bonchev–Trinajstić information content (AvgIpc) is 3.02. The summed E-state index contributed by atoms with van der Waals surface area (Å²) < 4.78 is 0. The summed E-state index contributed by atoms with van der Waals surface area (Å²) in [5.41, 5.74) is 5.47. The molecule has 0 atom stereocenters. The lowest BCUT2D eigenvalue weighted by Gasteiger charge is -1.91. The Labute approximate surface area is 102 Å². The lowest BCUT2D eigenvalue weighted by atomic mass is 10.2. The van der Waals surface area contributed by atoms with Gasteiger partial charge in [-0.05, 0) is 30.3 Å². The van der Waals surface area contributed by atoms with Crippen LogP contribution in [0.15, 0.2) is 42.7 Å². The van der Waals surface area contributed by atoms with Crippen LogP contribution >= 0.6 is 0 Å². The highest BCUT2D eigenvalue weighted by molar-refractivity contribution is 5.92. The lowest BCUT2D eigenvalue weighted by Crippen LogP contribution is -1.79. The lowest BCUT2D eigenvalue weighted by molar-refractivity contribution is 1.12. The third-order valence-corrected chi connectivity index (χ3v) is 2.96. The van der Waals surface area contributed by atoms with Gasteiger partial charge in [0.05, 0.1) is 22.2 Å². The molecule has 2 N–H and O–H groups in total. The molecule has 86 valence electrons. The van der Waals surface area contributed by atoms with Gasteiger partial charge in [-0.3, -0.25) is 15.1 Å². The minimum atomic E-state index is 0.823. The van der Waals surface area contributed by atoms with Gasteiger partial charge in [-0.1, -0.05) is 0 Å². The summed E-state index contributed by atoms with van der Waals surface area (Å²) in [5, 5.41) is 7.29. The van der Waals surface area contributed by atoms with Gasteiger partial charge in [-0.15, -0.1) is 0 Å². The van der Waals surface area contributed by atoms with E-state index in [1.54, 1.807) is 12.4 Å². The third-order valence-electron chi connectivity index (χ3n) is 2.96. The Morgan fingerprint density at radius 2 is 1.78 bits per heavy atom. The van der Waals surface area contributed by atoms with Gasteiger partial charge in [0.15, 0.2) is 0 Å². The highest BCUT2D eigenvalue weighted by Gasteiger charge is 2.11. The second kappa shape index (κ2) is 3.40. The molecule has 0 aliphatic carbocycles. The van der Waals surface area contributed by atoms with Crippen molar-refractivity contribution < 1.29 is 0 Å². The molecule has 0 saturated carbocycles. The number of rotatable bonds is 1. The van der Waals surface area contributed by atoms with Crippen molar-refractivity contribution >= 4 is 22.1 Å². The van der Waals surface area contributed by atoms with E-state index in [9.17, 15) is 0 Å². The fourth-order valence-corrected chi connectivity index (χ4v) is 2.12. The summed E-state index contributed by atoms with van der Waals surface area (Å²) >= 11 is 0. The van der Waals surface area contributed by atoms with Gasteiger partial charge in [0.1, 0.15) is 11.2 Å². The zero-order valence-electron chi connectivity index (χ0n) is 9.38. The van der Waals surface area contributed by atoms with Crippen molar-refractivity contribution in [3.05, 3.63) is 42.7 Å². The van der Waals surface area contributed by atoms with Crippen molar-refractivity contribution in [2.75, 3.05) is 0 Å². The van der Waals surface area contributed by atoms with Crippen molar-refractivity contribution in [3.63, 3.8) is 0 Å². The molecule has 0 bridgehead atoms. The van der Waals surface area contributed by atoms with E-state index < -0.39 is 0 Å². The minimum Gasteiger partial charge on any atom is -0.352 e. The standard InChI is InChI=1S/C13H9N5/c1-3-8-10(14-5-1)7-11(16-8)13-12-9(17-18-13)4-2-6-15-12/h1-7,16H,(H,17,18). The van der Waals surface area contributed by atoms with Crippen molar-refractivity contribution in [2.45, 2.75) is 0 Å². The van der Waals surface area contributed by atoms with Crippen LogP contribution in [0.2, 0.25) is 0 Å². The van der Waals surface area contributed by atoms with Gasteiger partial charge in [0.25, 0.3) is 0 Å². The fourth-order valence-electron chi connectivity index (χ4n) is 2.12. The normalized spacial score (nSPS) is 11.3. The fraction of sp³-hybridized carbons (Fsp3) is 0. The zero-order chi connectivity index (χ0) is 11.9. The van der Waals surface area contributed by atoms with Crippen LogP contribution in [0.1, 0.15) is 0 Å². The van der Waals surface area contributed by atoms with Crippen molar-refractivity contribution in [3.8, 4) is 11.4 Å². The molecule has 0 radical (unpaired) electrons. The highest BCUT2D eigenvalue weighted by atomic mass is 15.1. The zero-order valence-corrected chi connectivity index (χ0v) is 9.38. The summed E-state index contributed by atoms with van der Waals surface area (Å²) in [6.07, 6.45) is 3.54. The Kier molecular flexibility index (Phi) is 1.77. The monoisotopic (exact) mass is 235 g/mol. The second-order valence-electron chi connectivity index (χ2n) is 4.09. The molecule has 4 rings (SSSR count). The number of nitrogens with one attached hydrogen (secondary N) is 2. The largest absolute Gasteiger partial charge is 0.352 e. The molecule has 0 spiro atoms. The summed E-state index contributed by atoms with van der Waals surface area (Å²) in [7, 11) is 0. The molecule has 0 aliphatic heterocycles. The Hall–Kier alpha value is -2.69. The predicted molar refractivity (Wildman–Crippen MR) is 69.0 cm³/mol. The molecule has 5 nitrogen and oxygen atoms in total. The molecule has 0 aliphatic rings. The second-order valence-corrected chi connectivity index (χ2v) is 4.09. The predicted octanol–water partition coefficient (Wildman–Crippen LogP) is 2.50. The van der Waals surface area contributed by atoms with E-state index in [4.69, 9.17) is 0 Å². The first-order chi connectivity index (χ1) is 8.92. The quantitative estimate of drug-likeness (QED) is 0.532. The number of fused-ring (bicyclic) bond motifs is 2. The molecule has 0 amide bonds. The van der Waals surface area contributed by atoms with Crippen LogP contribution < -0.4 is 0 Å². The Balaban J connectivity index is 2.01. The van der Waals surface area contributed by atoms with Gasteiger partial charge in [-0.25, -0.2) is 0 Å². The smallest absolute Gasteiger partial charge is 0.135 e. The van der Waals surface area contributed by atoms with Crippen molar-refractivity contribution in [2.24, 2.45) is 0 Å². The molecule has 0 fully saturated rings. The molecule has 4 heterocycles. The van der Waals surface area contributed by atoms with Gasteiger partial charge >= 0.3 is 0 Å². The first-order valence-corrected chi connectivity index (χ1v) is 5.65. The van der Waals surface area contributed by atoms with E-state index in [1.165, 1.54) is 0 Å². The van der Waals surface area contributed by atoms with Crippen LogP contribution in [0.4, 0.5) is 0 Å². The molecule has 0 saturated heterocycles. The molecular weight excluding hydrogens is 226 g/mol. The first-order valence-electron chi connectivity index (χ1n) is 5.65. The maximum atomic E-state index is 4.35. The van der Waals surface area contributed by atoms with Crippen molar-refractivity contribution in [1.82, 2.24) is 25.1 Å². The van der Waals surface area contributed by atoms with Gasteiger partial charge in [-0.2, -0.15) is 5.10 Å². The molecule has 4 aromatic heterocycles. The minimum absolute atomic E-state index is 0.823. The maximum Gasteiger partial charge on any atom is 0.135 e. The van der Waals surface area contributed by atoms with E-state index in [0.717, 1.165) is 33.5 Å². The van der Waals surface area contributed by atoms with Crippen LogP contribution in [0.5, 0.6) is 0 Å². The Morgan fingerprint density at radius 1 is 0.944 bits per heavy atom. The van der Waals surface area contributed by atoms with Crippen LogP contribution in [0.25, 0.3) is 33.5 Å². The van der Waals surface area contributed by atoms with Crippen LogP contribution in [0.3, 0.4) is 0 Å². The summed E-state index contributed by atoms with van der Waals surface area (Å²) in [6, 6.07) is 9.73. The summed E-state index contributed by atoms with van der Waals surface area (Å²) in [4.78, 5) is 12.0. The van der Waals surface area contributed by atoms with E-state index in [0.29, 0.717) is 0 Å². The van der Waals surface area contributed by atoms with E-state index in [2.05, 4.69) is 25.1 Å². The third kappa shape index (κ3) is 1.24.